The Morgan fingerprint density at radius 3 is 2.74 bits per heavy atom. The second-order valence-corrected chi connectivity index (χ2v) is 9.67. The maximum absolute atomic E-state index is 11.7. The fraction of sp³-hybridized carbons (Fsp3) is 0.577. The summed E-state index contributed by atoms with van der Waals surface area (Å²) in [6.45, 7) is 4.78. The number of likely N-dealkylation sites (tertiary alicyclic amines) is 1. The van der Waals surface area contributed by atoms with Gasteiger partial charge in [0.15, 0.2) is 11.5 Å². The van der Waals surface area contributed by atoms with Gasteiger partial charge in [-0.2, -0.15) is 0 Å². The molecule has 0 bridgehead atoms. The summed E-state index contributed by atoms with van der Waals surface area (Å²) < 4.78 is 12.1. The average Bonchev–Trinajstić information content (AvgIpc) is 3.49. The number of fused-ring (bicyclic) bond motifs is 1. The highest BCUT2D eigenvalue weighted by molar-refractivity contribution is 5.47. The summed E-state index contributed by atoms with van der Waals surface area (Å²) in [6.07, 6.45) is 8.71. The van der Waals surface area contributed by atoms with Crippen LogP contribution in [0.5, 0.6) is 11.5 Å². The van der Waals surface area contributed by atoms with Crippen LogP contribution in [0, 0.1) is 18.8 Å². The van der Waals surface area contributed by atoms with E-state index >= 15 is 0 Å². The fourth-order valence-electron chi connectivity index (χ4n) is 6.14. The van der Waals surface area contributed by atoms with Gasteiger partial charge in [-0.25, -0.2) is 0 Å². The molecule has 3 aliphatic rings. The highest BCUT2D eigenvalue weighted by Gasteiger charge is 2.53. The van der Waals surface area contributed by atoms with Gasteiger partial charge in [-0.15, -0.1) is 0 Å². The molecular weight excluding hydrogens is 388 g/mol. The summed E-state index contributed by atoms with van der Waals surface area (Å²) >= 11 is 0. The van der Waals surface area contributed by atoms with Gasteiger partial charge in [-0.3, -0.25) is 9.88 Å². The van der Waals surface area contributed by atoms with Crippen molar-refractivity contribution in [3.63, 3.8) is 0 Å². The molecule has 2 aliphatic carbocycles. The molecule has 5 heteroatoms. The zero-order chi connectivity index (χ0) is 21.4. The lowest BCUT2D eigenvalue weighted by molar-refractivity contribution is -0.0114. The van der Waals surface area contributed by atoms with E-state index in [1.165, 1.54) is 18.4 Å². The highest BCUT2D eigenvalue weighted by atomic mass is 16.5. The smallest absolute Gasteiger partial charge is 0.166 e. The molecule has 2 aromatic rings. The van der Waals surface area contributed by atoms with E-state index in [9.17, 15) is 5.11 Å². The van der Waals surface area contributed by atoms with Crippen molar-refractivity contribution in [3.05, 3.63) is 53.3 Å². The maximum Gasteiger partial charge on any atom is 0.166 e. The van der Waals surface area contributed by atoms with Crippen molar-refractivity contribution >= 4 is 0 Å². The van der Waals surface area contributed by atoms with Crippen LogP contribution in [0.15, 0.2) is 36.5 Å². The van der Waals surface area contributed by atoms with E-state index in [0.29, 0.717) is 12.0 Å². The zero-order valence-corrected chi connectivity index (χ0v) is 18.7. The molecule has 31 heavy (non-hydrogen) atoms. The number of aliphatic hydroxyl groups is 1. The van der Waals surface area contributed by atoms with Gasteiger partial charge in [0.1, 0.15) is 5.60 Å². The van der Waals surface area contributed by atoms with E-state index in [1.54, 1.807) is 7.11 Å². The lowest BCUT2D eigenvalue weighted by Crippen LogP contribution is -2.36. The van der Waals surface area contributed by atoms with Gasteiger partial charge in [0, 0.05) is 37.3 Å². The second kappa shape index (κ2) is 8.44. The van der Waals surface area contributed by atoms with E-state index in [2.05, 4.69) is 35.0 Å². The standard InChI is InChI=1S/C26H34N2O3/c1-18-7-6-14-27-25(18)26(29)13-12-19-15-28(17-22(19)26)16-20-8-5-11-23(30-2)24(20)31-21-9-3-4-10-21/h5-8,11,14,19,21-22,29H,3-4,9-10,12-13,15-17H2,1-2H3/t19-,22+,26-/m1/s1. The number of benzene rings is 1. The van der Waals surface area contributed by atoms with E-state index in [1.807, 2.05) is 18.3 Å². The summed E-state index contributed by atoms with van der Waals surface area (Å²) in [5.41, 5.74) is 2.33. The maximum atomic E-state index is 11.7. The SMILES string of the molecule is COc1cccc(CN2C[C@H]3CC[C@](O)(c4ncccc4C)[C@H]3C2)c1OC1CCCC1. The summed E-state index contributed by atoms with van der Waals surface area (Å²) in [6, 6.07) is 10.2. The Balaban J connectivity index is 1.35. The third-order valence-corrected chi connectivity index (χ3v) is 7.71. The molecule has 166 valence electrons. The molecule has 5 rings (SSSR count). The number of para-hydroxylation sites is 1. The average molecular weight is 423 g/mol. The van der Waals surface area contributed by atoms with Crippen LogP contribution in [0.25, 0.3) is 0 Å². The van der Waals surface area contributed by atoms with Gasteiger partial charge < -0.3 is 14.6 Å². The number of hydrogen-bond acceptors (Lipinski definition) is 5. The number of pyridine rings is 1. The Kier molecular flexibility index (Phi) is 5.65. The van der Waals surface area contributed by atoms with E-state index in [-0.39, 0.29) is 5.92 Å². The molecule has 2 heterocycles. The highest BCUT2D eigenvalue weighted by Crippen LogP contribution is 2.51. The molecule has 0 radical (unpaired) electrons. The molecule has 2 saturated carbocycles. The first-order valence-corrected chi connectivity index (χ1v) is 11.8. The summed E-state index contributed by atoms with van der Waals surface area (Å²) in [5.74, 6) is 2.47. The third kappa shape index (κ3) is 3.83. The topological polar surface area (TPSA) is 54.8 Å². The van der Waals surface area contributed by atoms with Gasteiger partial charge in [-0.1, -0.05) is 18.2 Å². The van der Waals surface area contributed by atoms with Crippen LogP contribution in [-0.4, -0.2) is 41.3 Å². The van der Waals surface area contributed by atoms with Crippen LogP contribution in [0.4, 0.5) is 0 Å². The predicted octanol–water partition coefficient (Wildman–Crippen LogP) is 4.45. The summed E-state index contributed by atoms with van der Waals surface area (Å²) in [7, 11) is 1.72. The number of aromatic nitrogens is 1. The molecule has 0 unspecified atom stereocenters. The first-order valence-electron chi connectivity index (χ1n) is 11.8. The number of hydrogen-bond donors (Lipinski definition) is 1. The normalized spacial score (nSPS) is 28.7. The Labute approximate surface area is 185 Å². The van der Waals surface area contributed by atoms with E-state index in [4.69, 9.17) is 9.47 Å². The monoisotopic (exact) mass is 422 g/mol. The summed E-state index contributed by atoms with van der Waals surface area (Å²) in [5, 5.41) is 11.7. The predicted molar refractivity (Wildman–Crippen MR) is 120 cm³/mol. The van der Waals surface area contributed by atoms with Gasteiger partial charge in [-0.05, 0) is 69.1 Å². The molecule has 5 nitrogen and oxygen atoms in total. The minimum atomic E-state index is -0.817. The van der Waals surface area contributed by atoms with Crippen LogP contribution < -0.4 is 9.47 Å². The van der Waals surface area contributed by atoms with Crippen LogP contribution in [0.1, 0.15) is 55.3 Å². The van der Waals surface area contributed by atoms with E-state index < -0.39 is 5.60 Å². The summed E-state index contributed by atoms with van der Waals surface area (Å²) in [4.78, 5) is 7.07. The first kappa shape index (κ1) is 20.8. The van der Waals surface area contributed by atoms with Crippen molar-refractivity contribution in [2.24, 2.45) is 11.8 Å². The van der Waals surface area contributed by atoms with Gasteiger partial charge >= 0.3 is 0 Å². The molecule has 1 aromatic carbocycles. The molecule has 0 spiro atoms. The van der Waals surface area contributed by atoms with Crippen LogP contribution in [-0.2, 0) is 12.1 Å². The second-order valence-electron chi connectivity index (χ2n) is 9.67. The van der Waals surface area contributed by atoms with Crippen molar-refractivity contribution in [2.75, 3.05) is 20.2 Å². The number of ether oxygens (including phenoxy) is 2. The largest absolute Gasteiger partial charge is 0.493 e. The van der Waals surface area contributed by atoms with Gasteiger partial charge in [0.25, 0.3) is 0 Å². The Morgan fingerprint density at radius 2 is 1.97 bits per heavy atom. The molecule has 1 N–H and O–H groups in total. The molecule has 0 amide bonds. The molecule has 1 saturated heterocycles. The zero-order valence-electron chi connectivity index (χ0n) is 18.7. The lowest BCUT2D eigenvalue weighted by Gasteiger charge is -2.31. The molecule has 1 aromatic heterocycles. The number of aryl methyl sites for hydroxylation is 1. The van der Waals surface area contributed by atoms with Crippen LogP contribution in [0.3, 0.4) is 0 Å². The third-order valence-electron chi connectivity index (χ3n) is 7.71. The Bertz CT molecular complexity index is 927. The lowest BCUT2D eigenvalue weighted by atomic mass is 9.83. The number of nitrogens with zero attached hydrogens (tertiary/aromatic N) is 2. The molecular formula is C26H34N2O3. The van der Waals surface area contributed by atoms with Crippen molar-refractivity contribution in [1.82, 2.24) is 9.88 Å². The van der Waals surface area contributed by atoms with Crippen molar-refractivity contribution in [2.45, 2.75) is 63.7 Å². The number of methoxy groups -OCH3 is 1. The van der Waals surface area contributed by atoms with Gasteiger partial charge in [0.05, 0.1) is 18.9 Å². The quantitative estimate of drug-likeness (QED) is 0.745. The molecule has 1 aliphatic heterocycles. The minimum absolute atomic E-state index is 0.228. The van der Waals surface area contributed by atoms with E-state index in [0.717, 1.165) is 68.1 Å². The number of rotatable bonds is 6. The van der Waals surface area contributed by atoms with Crippen molar-refractivity contribution < 1.29 is 14.6 Å². The Hall–Kier alpha value is -2.11. The fourth-order valence-corrected chi connectivity index (χ4v) is 6.14. The minimum Gasteiger partial charge on any atom is -0.493 e. The molecule has 3 fully saturated rings. The first-order chi connectivity index (χ1) is 15.1. The van der Waals surface area contributed by atoms with Crippen LogP contribution >= 0.6 is 0 Å². The van der Waals surface area contributed by atoms with Crippen LogP contribution in [0.2, 0.25) is 0 Å². The van der Waals surface area contributed by atoms with Crippen molar-refractivity contribution in [3.8, 4) is 11.5 Å². The Morgan fingerprint density at radius 1 is 1.13 bits per heavy atom. The van der Waals surface area contributed by atoms with Gasteiger partial charge in [0.2, 0.25) is 0 Å². The molecule has 3 atom stereocenters. The van der Waals surface area contributed by atoms with Crippen molar-refractivity contribution in [1.29, 1.82) is 0 Å².